The molecule has 1 atom stereocenters. The molecule has 2 heterocycles. The smallest absolute Gasteiger partial charge is 0.251 e. The van der Waals surface area contributed by atoms with Crippen LogP contribution < -0.4 is 5.32 Å². The molecule has 1 N–H and O–H groups in total. The number of nitrogens with zero attached hydrogens (tertiary/aromatic N) is 2. The number of amides is 1. The Bertz CT molecular complexity index is 907. The van der Waals surface area contributed by atoms with Crippen LogP contribution in [0.15, 0.2) is 60.8 Å². The highest BCUT2D eigenvalue weighted by Crippen LogP contribution is 2.22. The number of nitrogens with one attached hydrogen (secondary N) is 1. The predicted octanol–water partition coefficient (Wildman–Crippen LogP) is 3.02. The van der Waals surface area contributed by atoms with E-state index in [9.17, 15) is 9.18 Å². The molecule has 0 saturated carbocycles. The summed E-state index contributed by atoms with van der Waals surface area (Å²) in [5, 5.41) is 2.84. The Morgan fingerprint density at radius 2 is 1.96 bits per heavy atom. The second-order valence-electron chi connectivity index (χ2n) is 6.21. The van der Waals surface area contributed by atoms with Crippen molar-refractivity contribution in [2.75, 3.05) is 6.54 Å². The molecular weight excluding hydrogens is 333 g/mol. The van der Waals surface area contributed by atoms with Crippen LogP contribution in [-0.4, -0.2) is 28.1 Å². The molecule has 0 saturated heterocycles. The van der Waals surface area contributed by atoms with Crippen molar-refractivity contribution in [3.05, 3.63) is 78.0 Å². The lowest BCUT2D eigenvalue weighted by atomic mass is 10.2. The van der Waals surface area contributed by atoms with Crippen molar-refractivity contribution in [2.24, 2.45) is 0 Å². The summed E-state index contributed by atoms with van der Waals surface area (Å²) < 4.78 is 20.8. The summed E-state index contributed by atoms with van der Waals surface area (Å²) >= 11 is 0. The Balaban J connectivity index is 1.38. The largest absolute Gasteiger partial charge is 0.367 e. The van der Waals surface area contributed by atoms with Crippen LogP contribution in [0.4, 0.5) is 4.39 Å². The van der Waals surface area contributed by atoms with E-state index in [0.29, 0.717) is 25.3 Å². The Morgan fingerprint density at radius 1 is 1.19 bits per heavy atom. The van der Waals surface area contributed by atoms with Gasteiger partial charge in [0.25, 0.3) is 5.91 Å². The number of benzene rings is 2. The van der Waals surface area contributed by atoms with E-state index in [2.05, 4.69) is 14.9 Å². The lowest BCUT2D eigenvalue weighted by Gasteiger charge is -2.24. The van der Waals surface area contributed by atoms with Gasteiger partial charge in [0.05, 0.1) is 18.3 Å². The van der Waals surface area contributed by atoms with E-state index in [-0.39, 0.29) is 17.8 Å². The minimum absolute atomic E-state index is 0.135. The van der Waals surface area contributed by atoms with E-state index in [1.54, 1.807) is 0 Å². The second kappa shape index (κ2) is 7.09. The molecule has 0 aliphatic carbocycles. The second-order valence-corrected chi connectivity index (χ2v) is 6.21. The number of carbonyl (C=O) groups excluding carboxylic acids is 1. The topological polar surface area (TPSA) is 56.2 Å². The molecule has 1 aliphatic heterocycles. The van der Waals surface area contributed by atoms with Gasteiger partial charge >= 0.3 is 0 Å². The molecule has 0 spiro atoms. The summed E-state index contributed by atoms with van der Waals surface area (Å²) in [6.45, 7) is 1.41. The maximum atomic E-state index is 12.9. The molecule has 6 heteroatoms. The number of halogens is 1. The predicted molar refractivity (Wildman–Crippen MR) is 95.0 cm³/mol. The van der Waals surface area contributed by atoms with Crippen molar-refractivity contribution in [3.8, 4) is 11.3 Å². The quantitative estimate of drug-likeness (QED) is 0.786. The first kappa shape index (κ1) is 16.5. The Kier molecular flexibility index (Phi) is 4.50. The van der Waals surface area contributed by atoms with Gasteiger partial charge in [-0.15, -0.1) is 0 Å². The van der Waals surface area contributed by atoms with Crippen LogP contribution in [0.1, 0.15) is 16.2 Å². The molecule has 26 heavy (non-hydrogen) atoms. The normalized spacial score (nSPS) is 16.1. The van der Waals surface area contributed by atoms with Crippen molar-refractivity contribution < 1.29 is 13.9 Å². The minimum atomic E-state index is -0.362. The summed E-state index contributed by atoms with van der Waals surface area (Å²) in [5.41, 5.74) is 2.41. The lowest BCUT2D eigenvalue weighted by molar-refractivity contribution is 0.00327. The molecule has 3 aromatic rings. The summed E-state index contributed by atoms with van der Waals surface area (Å²) in [6, 6.07) is 15.5. The van der Waals surface area contributed by atoms with E-state index >= 15 is 0 Å². The zero-order valence-corrected chi connectivity index (χ0v) is 14.1. The van der Waals surface area contributed by atoms with E-state index in [0.717, 1.165) is 17.1 Å². The third-order valence-corrected chi connectivity index (χ3v) is 4.37. The standard InChI is InChI=1S/C20H18FN3O2/c21-16-8-6-15(7-9-16)20(25)22-10-17-11-24-12-18(23-19(24)13-26-17)14-4-2-1-3-5-14/h1-9,12,17H,10-11,13H2,(H,22,25). The van der Waals surface area contributed by atoms with Crippen LogP contribution >= 0.6 is 0 Å². The average molecular weight is 351 g/mol. The third kappa shape index (κ3) is 3.50. The molecule has 1 aromatic heterocycles. The minimum Gasteiger partial charge on any atom is -0.367 e. The molecule has 1 amide bonds. The zero-order chi connectivity index (χ0) is 17.9. The molecule has 2 aromatic carbocycles. The van der Waals surface area contributed by atoms with Crippen molar-refractivity contribution >= 4 is 5.91 Å². The molecule has 1 aliphatic rings. The first-order chi connectivity index (χ1) is 12.7. The van der Waals surface area contributed by atoms with Crippen LogP contribution in [0.25, 0.3) is 11.3 Å². The monoisotopic (exact) mass is 351 g/mol. The number of carbonyl (C=O) groups is 1. The maximum absolute atomic E-state index is 12.9. The fourth-order valence-electron chi connectivity index (χ4n) is 2.97. The van der Waals surface area contributed by atoms with Crippen molar-refractivity contribution in [2.45, 2.75) is 19.3 Å². The molecule has 0 bridgehead atoms. The van der Waals surface area contributed by atoms with Gasteiger partial charge in [-0.05, 0) is 24.3 Å². The van der Waals surface area contributed by atoms with Crippen LogP contribution in [0.3, 0.4) is 0 Å². The first-order valence-electron chi connectivity index (χ1n) is 8.46. The fourth-order valence-corrected chi connectivity index (χ4v) is 2.97. The van der Waals surface area contributed by atoms with E-state index in [1.807, 2.05) is 36.5 Å². The Morgan fingerprint density at radius 3 is 2.73 bits per heavy atom. The summed E-state index contributed by atoms with van der Waals surface area (Å²) in [7, 11) is 0. The van der Waals surface area contributed by atoms with Gasteiger partial charge in [-0.1, -0.05) is 30.3 Å². The fraction of sp³-hybridized carbons (Fsp3) is 0.200. The van der Waals surface area contributed by atoms with Crippen LogP contribution in [-0.2, 0) is 17.9 Å². The lowest BCUT2D eigenvalue weighted by Crippen LogP contribution is -2.38. The average Bonchev–Trinajstić information content (AvgIpc) is 3.11. The van der Waals surface area contributed by atoms with Crippen molar-refractivity contribution in [1.82, 2.24) is 14.9 Å². The van der Waals surface area contributed by atoms with Gasteiger partial charge in [0.15, 0.2) is 0 Å². The van der Waals surface area contributed by atoms with Crippen LogP contribution in [0.2, 0.25) is 0 Å². The summed E-state index contributed by atoms with van der Waals surface area (Å²) in [4.78, 5) is 16.7. The van der Waals surface area contributed by atoms with Gasteiger partial charge in [-0.25, -0.2) is 9.37 Å². The van der Waals surface area contributed by atoms with Gasteiger partial charge < -0.3 is 14.6 Å². The van der Waals surface area contributed by atoms with Crippen LogP contribution in [0.5, 0.6) is 0 Å². The van der Waals surface area contributed by atoms with Crippen molar-refractivity contribution in [1.29, 1.82) is 0 Å². The molecule has 4 rings (SSSR count). The zero-order valence-electron chi connectivity index (χ0n) is 14.1. The summed E-state index contributed by atoms with van der Waals surface area (Å²) in [5.74, 6) is 0.277. The number of fused-ring (bicyclic) bond motifs is 1. The number of aromatic nitrogens is 2. The highest BCUT2D eigenvalue weighted by atomic mass is 19.1. The van der Waals surface area contributed by atoms with Gasteiger partial charge in [0.1, 0.15) is 18.2 Å². The van der Waals surface area contributed by atoms with Crippen LogP contribution in [0, 0.1) is 5.82 Å². The van der Waals surface area contributed by atoms with Gasteiger partial charge in [-0.3, -0.25) is 4.79 Å². The van der Waals surface area contributed by atoms with E-state index < -0.39 is 0 Å². The van der Waals surface area contributed by atoms with Gasteiger partial charge in [-0.2, -0.15) is 0 Å². The van der Waals surface area contributed by atoms with E-state index in [1.165, 1.54) is 24.3 Å². The van der Waals surface area contributed by atoms with E-state index in [4.69, 9.17) is 4.74 Å². The van der Waals surface area contributed by atoms with Gasteiger partial charge in [0.2, 0.25) is 0 Å². The first-order valence-corrected chi connectivity index (χ1v) is 8.46. The molecule has 132 valence electrons. The maximum Gasteiger partial charge on any atom is 0.251 e. The highest BCUT2D eigenvalue weighted by molar-refractivity contribution is 5.94. The highest BCUT2D eigenvalue weighted by Gasteiger charge is 2.22. The molecular formula is C20H18FN3O2. The third-order valence-electron chi connectivity index (χ3n) is 4.37. The SMILES string of the molecule is O=C(NCC1Cn2cc(-c3ccccc3)nc2CO1)c1ccc(F)cc1. The number of rotatable bonds is 4. The molecule has 1 unspecified atom stereocenters. The Labute approximate surface area is 150 Å². The Hall–Kier alpha value is -2.99. The van der Waals surface area contributed by atoms with Crippen molar-refractivity contribution in [3.63, 3.8) is 0 Å². The van der Waals surface area contributed by atoms with Gasteiger partial charge in [0, 0.05) is 23.9 Å². The molecule has 0 radical (unpaired) electrons. The number of imidazole rings is 1. The number of ether oxygens (including phenoxy) is 1. The summed E-state index contributed by atoms with van der Waals surface area (Å²) in [6.07, 6.45) is 1.88. The molecule has 5 nitrogen and oxygen atoms in total. The molecule has 0 fully saturated rings. The number of hydrogen-bond acceptors (Lipinski definition) is 3. The number of hydrogen-bond donors (Lipinski definition) is 1.